The third-order valence-electron chi connectivity index (χ3n) is 3.60. The molecular formula is C14H18ClF3N2. The third kappa shape index (κ3) is 4.03. The highest BCUT2D eigenvalue weighted by atomic mass is 35.5. The largest absolute Gasteiger partial charge is 0.416 e. The fourth-order valence-corrected chi connectivity index (χ4v) is 2.78. The third-order valence-corrected chi connectivity index (χ3v) is 3.91. The predicted octanol–water partition coefficient (Wildman–Crippen LogP) is 4.11. The molecule has 1 aromatic carbocycles. The number of anilines is 1. The van der Waals surface area contributed by atoms with Crippen LogP contribution in [-0.2, 0) is 6.18 Å². The van der Waals surface area contributed by atoms with E-state index in [0.717, 1.165) is 44.6 Å². The molecule has 20 heavy (non-hydrogen) atoms. The molecule has 1 unspecified atom stereocenters. The molecule has 112 valence electrons. The molecule has 2 rings (SSSR count). The van der Waals surface area contributed by atoms with Crippen molar-refractivity contribution in [2.75, 3.05) is 32.0 Å². The quantitative estimate of drug-likeness (QED) is 0.904. The van der Waals surface area contributed by atoms with Gasteiger partial charge in [-0.3, -0.25) is 0 Å². The zero-order valence-electron chi connectivity index (χ0n) is 11.3. The first-order valence-corrected chi connectivity index (χ1v) is 7.03. The Bertz CT molecular complexity index is 462. The van der Waals surface area contributed by atoms with Crippen molar-refractivity contribution in [1.29, 1.82) is 0 Å². The summed E-state index contributed by atoms with van der Waals surface area (Å²) in [5.41, 5.74) is -0.154. The van der Waals surface area contributed by atoms with Gasteiger partial charge >= 0.3 is 6.18 Å². The summed E-state index contributed by atoms with van der Waals surface area (Å²) in [6.07, 6.45) is -2.06. The Morgan fingerprint density at radius 3 is 2.75 bits per heavy atom. The van der Waals surface area contributed by atoms with E-state index in [2.05, 4.69) is 17.3 Å². The number of rotatable bonds is 3. The average Bonchev–Trinajstić information content (AvgIpc) is 2.36. The number of alkyl halides is 3. The maximum absolute atomic E-state index is 12.5. The molecule has 0 radical (unpaired) electrons. The minimum absolute atomic E-state index is 0.115. The topological polar surface area (TPSA) is 15.3 Å². The highest BCUT2D eigenvalue weighted by molar-refractivity contribution is 6.33. The zero-order valence-corrected chi connectivity index (χ0v) is 12.1. The second-order valence-corrected chi connectivity index (χ2v) is 5.75. The van der Waals surface area contributed by atoms with E-state index in [9.17, 15) is 13.2 Å². The van der Waals surface area contributed by atoms with Crippen LogP contribution in [0, 0.1) is 5.92 Å². The van der Waals surface area contributed by atoms with E-state index in [1.54, 1.807) is 0 Å². The summed E-state index contributed by atoms with van der Waals surface area (Å²) in [5.74, 6) is 0.507. The Morgan fingerprint density at radius 1 is 1.40 bits per heavy atom. The van der Waals surface area contributed by atoms with Crippen molar-refractivity contribution in [1.82, 2.24) is 4.90 Å². The van der Waals surface area contributed by atoms with Crippen LogP contribution in [0.25, 0.3) is 0 Å². The lowest BCUT2D eigenvalue weighted by Gasteiger charge is -2.30. The van der Waals surface area contributed by atoms with E-state index >= 15 is 0 Å². The first kappa shape index (κ1) is 15.4. The van der Waals surface area contributed by atoms with Crippen LogP contribution in [0.1, 0.15) is 18.4 Å². The van der Waals surface area contributed by atoms with Gasteiger partial charge in [-0.2, -0.15) is 13.2 Å². The summed E-state index contributed by atoms with van der Waals surface area (Å²) >= 11 is 5.91. The molecule has 1 saturated heterocycles. The van der Waals surface area contributed by atoms with E-state index in [4.69, 9.17) is 11.6 Å². The highest BCUT2D eigenvalue weighted by Crippen LogP contribution is 2.33. The van der Waals surface area contributed by atoms with Gasteiger partial charge in [-0.25, -0.2) is 0 Å². The Hall–Kier alpha value is -0.940. The molecular weight excluding hydrogens is 289 g/mol. The monoisotopic (exact) mass is 306 g/mol. The molecule has 1 aliphatic rings. The molecule has 1 fully saturated rings. The first-order chi connectivity index (χ1) is 9.36. The van der Waals surface area contributed by atoms with E-state index in [1.807, 2.05) is 0 Å². The molecule has 0 aliphatic carbocycles. The molecule has 0 saturated carbocycles. The van der Waals surface area contributed by atoms with Crippen LogP contribution >= 0.6 is 11.6 Å². The SMILES string of the molecule is CN1CCCC(CNc2ccc(C(F)(F)F)cc2Cl)C1. The molecule has 1 aromatic rings. The Morgan fingerprint density at radius 2 is 2.15 bits per heavy atom. The second kappa shape index (κ2) is 6.22. The van der Waals surface area contributed by atoms with Crippen molar-refractivity contribution in [3.05, 3.63) is 28.8 Å². The van der Waals surface area contributed by atoms with Gasteiger partial charge in [0.25, 0.3) is 0 Å². The average molecular weight is 307 g/mol. The second-order valence-electron chi connectivity index (χ2n) is 5.34. The van der Waals surface area contributed by atoms with Gasteiger partial charge in [-0.05, 0) is 50.6 Å². The van der Waals surface area contributed by atoms with Crippen molar-refractivity contribution in [3.8, 4) is 0 Å². The van der Waals surface area contributed by atoms with Crippen molar-refractivity contribution in [3.63, 3.8) is 0 Å². The van der Waals surface area contributed by atoms with Gasteiger partial charge in [0.15, 0.2) is 0 Å². The molecule has 0 bridgehead atoms. The Kier molecular flexibility index (Phi) is 4.81. The van der Waals surface area contributed by atoms with Crippen LogP contribution in [0.4, 0.5) is 18.9 Å². The molecule has 0 amide bonds. The van der Waals surface area contributed by atoms with Gasteiger partial charge < -0.3 is 10.2 Å². The maximum Gasteiger partial charge on any atom is 0.416 e. The van der Waals surface area contributed by atoms with Gasteiger partial charge in [0, 0.05) is 13.1 Å². The molecule has 6 heteroatoms. The Balaban J connectivity index is 1.96. The molecule has 1 heterocycles. The first-order valence-electron chi connectivity index (χ1n) is 6.65. The van der Waals surface area contributed by atoms with Crippen LogP contribution in [0.3, 0.4) is 0 Å². The van der Waals surface area contributed by atoms with E-state index < -0.39 is 11.7 Å². The summed E-state index contributed by atoms with van der Waals surface area (Å²) in [6, 6.07) is 3.43. The number of likely N-dealkylation sites (tertiary alicyclic amines) is 1. The number of hydrogen-bond acceptors (Lipinski definition) is 2. The maximum atomic E-state index is 12.5. The van der Waals surface area contributed by atoms with Gasteiger partial charge in [-0.1, -0.05) is 11.6 Å². The molecule has 2 nitrogen and oxygen atoms in total. The smallest absolute Gasteiger partial charge is 0.384 e. The van der Waals surface area contributed by atoms with Crippen LogP contribution in [0.2, 0.25) is 5.02 Å². The summed E-state index contributed by atoms with van der Waals surface area (Å²) in [5, 5.41) is 3.27. The molecule has 1 atom stereocenters. The van der Waals surface area contributed by atoms with E-state index in [0.29, 0.717) is 11.6 Å². The van der Waals surface area contributed by atoms with E-state index in [1.165, 1.54) is 6.07 Å². The highest BCUT2D eigenvalue weighted by Gasteiger charge is 2.30. The molecule has 0 aromatic heterocycles. The van der Waals surface area contributed by atoms with Crippen molar-refractivity contribution in [2.24, 2.45) is 5.92 Å². The lowest BCUT2D eigenvalue weighted by atomic mass is 9.98. The summed E-state index contributed by atoms with van der Waals surface area (Å²) in [7, 11) is 2.08. The normalized spacial score (nSPS) is 20.9. The summed E-state index contributed by atoms with van der Waals surface area (Å²) in [6.45, 7) is 2.85. The van der Waals surface area contributed by atoms with E-state index in [-0.39, 0.29) is 5.02 Å². The minimum Gasteiger partial charge on any atom is -0.384 e. The van der Waals surface area contributed by atoms with Crippen LogP contribution < -0.4 is 5.32 Å². The number of halogens is 4. The Labute approximate surface area is 121 Å². The fraction of sp³-hybridized carbons (Fsp3) is 0.571. The van der Waals surface area contributed by atoms with Gasteiger partial charge in [0.1, 0.15) is 0 Å². The standard InChI is InChI=1S/C14H18ClF3N2/c1-20-6-2-3-10(9-20)8-19-13-5-4-11(7-12(13)15)14(16,17)18/h4-5,7,10,19H,2-3,6,8-9H2,1H3. The predicted molar refractivity (Wildman–Crippen MR) is 75.2 cm³/mol. The summed E-state index contributed by atoms with van der Waals surface area (Å²) in [4.78, 5) is 2.27. The van der Waals surface area contributed by atoms with Crippen molar-refractivity contribution in [2.45, 2.75) is 19.0 Å². The zero-order chi connectivity index (χ0) is 14.8. The van der Waals surface area contributed by atoms with Crippen molar-refractivity contribution < 1.29 is 13.2 Å². The van der Waals surface area contributed by atoms with Gasteiger partial charge in [0.05, 0.1) is 16.3 Å². The van der Waals surface area contributed by atoms with Crippen molar-refractivity contribution >= 4 is 17.3 Å². The van der Waals surface area contributed by atoms with Gasteiger partial charge in [-0.15, -0.1) is 0 Å². The minimum atomic E-state index is -4.35. The molecule has 0 spiro atoms. The number of piperidine rings is 1. The lowest BCUT2D eigenvalue weighted by molar-refractivity contribution is -0.137. The number of benzene rings is 1. The lowest BCUT2D eigenvalue weighted by Crippen LogP contribution is -2.35. The molecule has 1 N–H and O–H groups in total. The number of nitrogens with one attached hydrogen (secondary N) is 1. The van der Waals surface area contributed by atoms with Crippen LogP contribution in [0.15, 0.2) is 18.2 Å². The fourth-order valence-electron chi connectivity index (χ4n) is 2.53. The van der Waals surface area contributed by atoms with Crippen LogP contribution in [-0.4, -0.2) is 31.6 Å². The number of hydrogen-bond donors (Lipinski definition) is 1. The molecule has 1 aliphatic heterocycles. The summed E-state index contributed by atoms with van der Waals surface area (Å²) < 4.78 is 37.6. The van der Waals surface area contributed by atoms with Gasteiger partial charge in [0.2, 0.25) is 0 Å². The number of nitrogens with zero attached hydrogens (tertiary/aromatic N) is 1. The van der Waals surface area contributed by atoms with Crippen LogP contribution in [0.5, 0.6) is 0 Å².